The molecule has 1 aliphatic rings. The van der Waals surface area contributed by atoms with Crippen LogP contribution in [0, 0.1) is 5.92 Å². The minimum Gasteiger partial charge on any atom is -0.480 e. The topological polar surface area (TPSA) is 86.7 Å². The minimum atomic E-state index is -1.11. The molecule has 0 radical (unpaired) electrons. The van der Waals surface area contributed by atoms with Gasteiger partial charge in [0.2, 0.25) is 11.8 Å². The maximum absolute atomic E-state index is 12.0. The highest BCUT2D eigenvalue weighted by molar-refractivity contribution is 9.10. The molecule has 0 aromatic heterocycles. The average molecular weight is 341 g/mol. The quantitative estimate of drug-likeness (QED) is 0.856. The number of anilines is 1. The van der Waals surface area contributed by atoms with E-state index in [1.165, 1.54) is 4.90 Å². The van der Waals surface area contributed by atoms with Crippen molar-refractivity contribution in [1.82, 2.24) is 5.32 Å². The van der Waals surface area contributed by atoms with Crippen LogP contribution in [0.5, 0.6) is 0 Å². The molecule has 2 amide bonds. The van der Waals surface area contributed by atoms with Gasteiger partial charge >= 0.3 is 5.97 Å². The lowest BCUT2D eigenvalue weighted by Gasteiger charge is -2.18. The molecule has 1 fully saturated rings. The third kappa shape index (κ3) is 3.16. The Bertz CT molecular complexity index is 561. The highest BCUT2D eigenvalue weighted by atomic mass is 79.9. The Labute approximate surface area is 123 Å². The van der Waals surface area contributed by atoms with Crippen molar-refractivity contribution in [3.05, 3.63) is 28.7 Å². The summed E-state index contributed by atoms with van der Waals surface area (Å²) in [6, 6.07) is 7.26. The molecule has 0 aliphatic carbocycles. The highest BCUT2D eigenvalue weighted by Crippen LogP contribution is 2.31. The first-order chi connectivity index (χ1) is 9.49. The van der Waals surface area contributed by atoms with Crippen LogP contribution in [0.15, 0.2) is 28.7 Å². The number of benzene rings is 1. The lowest BCUT2D eigenvalue weighted by atomic mass is 10.1. The zero-order chi connectivity index (χ0) is 14.7. The molecule has 0 bridgehead atoms. The van der Waals surface area contributed by atoms with Crippen LogP contribution >= 0.6 is 15.9 Å². The van der Waals surface area contributed by atoms with E-state index in [1.807, 2.05) is 18.2 Å². The van der Waals surface area contributed by atoms with Gasteiger partial charge in [0, 0.05) is 17.4 Å². The number of halogens is 1. The van der Waals surface area contributed by atoms with Gasteiger partial charge in [-0.2, -0.15) is 0 Å². The van der Waals surface area contributed by atoms with Gasteiger partial charge in [-0.05, 0) is 28.1 Å². The van der Waals surface area contributed by atoms with Crippen LogP contribution in [0.2, 0.25) is 0 Å². The fourth-order valence-electron chi connectivity index (χ4n) is 2.09. The van der Waals surface area contributed by atoms with Gasteiger partial charge in [-0.25, -0.2) is 0 Å². The van der Waals surface area contributed by atoms with Crippen molar-refractivity contribution in [3.63, 3.8) is 0 Å². The van der Waals surface area contributed by atoms with E-state index >= 15 is 0 Å². The van der Waals surface area contributed by atoms with Crippen LogP contribution in [-0.4, -0.2) is 36.0 Å². The zero-order valence-corrected chi connectivity index (χ0v) is 12.1. The van der Waals surface area contributed by atoms with Crippen LogP contribution in [0.4, 0.5) is 5.69 Å². The fourth-order valence-corrected chi connectivity index (χ4v) is 2.59. The number of nitrogens with zero attached hydrogens (tertiary/aromatic N) is 1. The summed E-state index contributed by atoms with van der Waals surface area (Å²) in [5.41, 5.74) is 0.714. The Hall–Kier alpha value is -1.89. The van der Waals surface area contributed by atoms with Crippen molar-refractivity contribution in [2.24, 2.45) is 5.92 Å². The summed E-state index contributed by atoms with van der Waals surface area (Å²) >= 11 is 3.37. The van der Waals surface area contributed by atoms with E-state index < -0.39 is 24.3 Å². The molecule has 0 saturated carbocycles. The van der Waals surface area contributed by atoms with Gasteiger partial charge in [-0.3, -0.25) is 14.4 Å². The number of aliphatic carboxylic acids is 1. The molecule has 0 spiro atoms. The molecule has 7 heteroatoms. The number of carboxylic acid groups (broad SMARTS) is 1. The normalized spacial score (nSPS) is 18.1. The predicted octanol–water partition coefficient (Wildman–Crippen LogP) is 1.00. The first-order valence-electron chi connectivity index (χ1n) is 6.03. The second kappa shape index (κ2) is 6.04. The van der Waals surface area contributed by atoms with Crippen molar-refractivity contribution >= 4 is 39.4 Å². The third-order valence-corrected chi connectivity index (χ3v) is 3.72. The predicted molar refractivity (Wildman–Crippen MR) is 75.2 cm³/mol. The Balaban J connectivity index is 2.06. The standard InChI is InChI=1S/C13H13BrN2O4/c14-9-3-1-2-4-10(9)16-7-8(5-11(16)17)13(20)15-6-12(18)19/h1-4,8H,5-7H2,(H,15,20)(H,18,19). The third-order valence-electron chi connectivity index (χ3n) is 3.05. The number of hydrogen-bond acceptors (Lipinski definition) is 3. The maximum atomic E-state index is 12.0. The van der Waals surface area contributed by atoms with Crippen LogP contribution < -0.4 is 10.2 Å². The van der Waals surface area contributed by atoms with Gasteiger partial charge in [0.25, 0.3) is 0 Å². The molecule has 2 rings (SSSR count). The first-order valence-corrected chi connectivity index (χ1v) is 6.82. The van der Waals surface area contributed by atoms with Crippen LogP contribution in [-0.2, 0) is 14.4 Å². The molecule has 1 atom stereocenters. The number of para-hydroxylation sites is 1. The van der Waals surface area contributed by atoms with E-state index in [0.717, 1.165) is 4.47 Å². The molecular formula is C13H13BrN2O4. The summed E-state index contributed by atoms with van der Waals surface area (Å²) < 4.78 is 0.778. The molecule has 1 aliphatic heterocycles. The summed E-state index contributed by atoms with van der Waals surface area (Å²) in [4.78, 5) is 35.7. The molecule has 1 aromatic carbocycles. The van der Waals surface area contributed by atoms with Crippen molar-refractivity contribution < 1.29 is 19.5 Å². The van der Waals surface area contributed by atoms with Gasteiger partial charge in [0.1, 0.15) is 6.54 Å². The molecule has 1 heterocycles. The second-order valence-electron chi connectivity index (χ2n) is 4.47. The lowest BCUT2D eigenvalue weighted by molar-refractivity contribution is -0.138. The first kappa shape index (κ1) is 14.5. The molecule has 1 unspecified atom stereocenters. The van der Waals surface area contributed by atoms with Crippen molar-refractivity contribution in [2.45, 2.75) is 6.42 Å². The Kier molecular flexibility index (Phi) is 4.39. The average Bonchev–Trinajstić information content (AvgIpc) is 2.78. The Morgan fingerprint density at radius 3 is 2.75 bits per heavy atom. The number of carboxylic acids is 1. The number of nitrogens with one attached hydrogen (secondary N) is 1. The van der Waals surface area contributed by atoms with E-state index in [4.69, 9.17) is 5.11 Å². The van der Waals surface area contributed by atoms with Crippen molar-refractivity contribution in [3.8, 4) is 0 Å². The summed E-state index contributed by atoms with van der Waals surface area (Å²) in [6.07, 6.45) is 0.0901. The molecular weight excluding hydrogens is 328 g/mol. The maximum Gasteiger partial charge on any atom is 0.322 e. The number of hydrogen-bond donors (Lipinski definition) is 2. The van der Waals surface area contributed by atoms with Gasteiger partial charge in [-0.1, -0.05) is 12.1 Å². The van der Waals surface area contributed by atoms with Crippen molar-refractivity contribution in [2.75, 3.05) is 18.0 Å². The van der Waals surface area contributed by atoms with Crippen LogP contribution in [0.1, 0.15) is 6.42 Å². The van der Waals surface area contributed by atoms with E-state index in [0.29, 0.717) is 5.69 Å². The minimum absolute atomic E-state index is 0.0901. The summed E-state index contributed by atoms with van der Waals surface area (Å²) in [5.74, 6) is -2.18. The van der Waals surface area contributed by atoms with Gasteiger partial charge in [0.05, 0.1) is 11.6 Å². The van der Waals surface area contributed by atoms with Gasteiger partial charge in [-0.15, -0.1) is 0 Å². The van der Waals surface area contributed by atoms with E-state index in [1.54, 1.807) is 6.07 Å². The summed E-state index contributed by atoms with van der Waals surface area (Å²) in [5, 5.41) is 10.8. The lowest BCUT2D eigenvalue weighted by Crippen LogP contribution is -2.36. The number of carbonyl (C=O) groups excluding carboxylic acids is 2. The van der Waals surface area contributed by atoms with E-state index in [2.05, 4.69) is 21.2 Å². The highest BCUT2D eigenvalue weighted by Gasteiger charge is 2.35. The molecule has 1 saturated heterocycles. The summed E-state index contributed by atoms with van der Waals surface area (Å²) in [7, 11) is 0. The Morgan fingerprint density at radius 2 is 2.10 bits per heavy atom. The molecule has 20 heavy (non-hydrogen) atoms. The van der Waals surface area contributed by atoms with E-state index in [-0.39, 0.29) is 18.9 Å². The SMILES string of the molecule is O=C(O)CNC(=O)C1CC(=O)N(c2ccccc2Br)C1. The number of amides is 2. The van der Waals surface area contributed by atoms with Crippen molar-refractivity contribution in [1.29, 1.82) is 0 Å². The summed E-state index contributed by atoms with van der Waals surface area (Å²) in [6.45, 7) is -0.175. The second-order valence-corrected chi connectivity index (χ2v) is 5.32. The number of rotatable bonds is 4. The van der Waals surface area contributed by atoms with Gasteiger partial charge in [0.15, 0.2) is 0 Å². The van der Waals surface area contributed by atoms with E-state index in [9.17, 15) is 14.4 Å². The van der Waals surface area contributed by atoms with Gasteiger partial charge < -0.3 is 15.3 Å². The molecule has 2 N–H and O–H groups in total. The fraction of sp³-hybridized carbons (Fsp3) is 0.308. The monoisotopic (exact) mass is 340 g/mol. The zero-order valence-electron chi connectivity index (χ0n) is 10.5. The van der Waals surface area contributed by atoms with Crippen LogP contribution in [0.3, 0.4) is 0 Å². The number of carbonyl (C=O) groups is 3. The Morgan fingerprint density at radius 1 is 1.40 bits per heavy atom. The molecule has 1 aromatic rings. The van der Waals surface area contributed by atoms with Crippen LogP contribution in [0.25, 0.3) is 0 Å². The molecule has 106 valence electrons. The smallest absolute Gasteiger partial charge is 0.322 e. The molecule has 6 nitrogen and oxygen atoms in total. The largest absolute Gasteiger partial charge is 0.480 e.